The van der Waals surface area contributed by atoms with E-state index in [1.54, 1.807) is 0 Å². The van der Waals surface area contributed by atoms with Crippen molar-refractivity contribution in [2.45, 2.75) is 44.9 Å². The zero-order valence-electron chi connectivity index (χ0n) is 11.7. The Hall–Kier alpha value is -0.590. The summed E-state index contributed by atoms with van der Waals surface area (Å²) in [6, 6.07) is 6.49. The Morgan fingerprint density at radius 2 is 1.95 bits per heavy atom. The Labute approximate surface area is 119 Å². The molecule has 1 fully saturated rings. The fourth-order valence-electron chi connectivity index (χ4n) is 2.79. The number of rotatable bonds is 6. The van der Waals surface area contributed by atoms with Crippen LogP contribution in [0.25, 0.3) is 0 Å². The van der Waals surface area contributed by atoms with Crippen LogP contribution in [0.2, 0.25) is 0 Å². The van der Waals surface area contributed by atoms with Gasteiger partial charge < -0.3 is 10.5 Å². The molecule has 106 valence electrons. The summed E-state index contributed by atoms with van der Waals surface area (Å²) >= 11 is 0. The fourth-order valence-corrected chi connectivity index (χ4v) is 3.17. The first-order valence-corrected chi connectivity index (χ1v) is 8.08. The van der Waals surface area contributed by atoms with Gasteiger partial charge in [0.05, 0.1) is 6.61 Å². The number of aryl methyl sites for hydroxylation is 1. The molecule has 1 atom stereocenters. The molecule has 0 aliphatic heterocycles. The Balaban J connectivity index is 1.89. The molecule has 0 saturated heterocycles. The molecule has 19 heavy (non-hydrogen) atoms. The summed E-state index contributed by atoms with van der Waals surface area (Å²) < 4.78 is 6.00. The quantitative estimate of drug-likeness (QED) is 0.812. The smallest absolute Gasteiger partial charge is 0.120 e. The normalized spacial score (nSPS) is 16.5. The molecule has 0 heterocycles. The van der Waals surface area contributed by atoms with Gasteiger partial charge in [-0.2, -0.15) is 0 Å². The average Bonchev–Trinajstić information content (AvgIpc) is 2.43. The molecule has 0 amide bonds. The maximum atomic E-state index is 6.00. The van der Waals surface area contributed by atoms with Gasteiger partial charge in [0.2, 0.25) is 0 Å². The van der Waals surface area contributed by atoms with E-state index in [1.165, 1.54) is 43.0 Å². The maximum Gasteiger partial charge on any atom is 0.120 e. The van der Waals surface area contributed by atoms with Gasteiger partial charge in [-0.3, -0.25) is 0 Å². The molecule has 0 bridgehead atoms. The molecule has 1 unspecified atom stereocenters. The highest BCUT2D eigenvalue weighted by Gasteiger charge is 2.14. The molecular formula is C16H26NOP. The van der Waals surface area contributed by atoms with Crippen LogP contribution in [0.15, 0.2) is 18.2 Å². The lowest BCUT2D eigenvalue weighted by Gasteiger charge is -2.22. The minimum atomic E-state index is 0.749. The summed E-state index contributed by atoms with van der Waals surface area (Å²) in [5.74, 6) is 1.78. The van der Waals surface area contributed by atoms with Crippen molar-refractivity contribution in [3.05, 3.63) is 23.8 Å². The van der Waals surface area contributed by atoms with Crippen molar-refractivity contribution in [3.8, 4) is 5.75 Å². The second kappa shape index (κ2) is 7.87. The zero-order chi connectivity index (χ0) is 13.5. The number of ether oxygens (including phenoxy) is 1. The van der Waals surface area contributed by atoms with E-state index in [9.17, 15) is 0 Å². The van der Waals surface area contributed by atoms with Crippen molar-refractivity contribution < 1.29 is 4.74 Å². The molecule has 0 aromatic heterocycles. The molecule has 0 spiro atoms. The highest BCUT2D eigenvalue weighted by atomic mass is 31.0. The van der Waals surface area contributed by atoms with Crippen molar-refractivity contribution in [1.29, 1.82) is 0 Å². The molecule has 1 saturated carbocycles. The van der Waals surface area contributed by atoms with Gasteiger partial charge in [-0.05, 0) is 61.1 Å². The van der Waals surface area contributed by atoms with E-state index >= 15 is 0 Å². The van der Waals surface area contributed by atoms with Crippen molar-refractivity contribution in [1.82, 2.24) is 0 Å². The Morgan fingerprint density at radius 3 is 2.68 bits per heavy atom. The third-order valence-corrected chi connectivity index (χ3v) is 4.20. The van der Waals surface area contributed by atoms with Crippen molar-refractivity contribution in [2.24, 2.45) is 11.7 Å². The third-order valence-electron chi connectivity index (χ3n) is 3.87. The van der Waals surface area contributed by atoms with Crippen molar-refractivity contribution >= 4 is 14.5 Å². The van der Waals surface area contributed by atoms with Crippen molar-refractivity contribution in [2.75, 3.05) is 13.2 Å². The Morgan fingerprint density at radius 1 is 1.16 bits per heavy atom. The van der Waals surface area contributed by atoms with Crippen LogP contribution < -0.4 is 15.8 Å². The maximum absolute atomic E-state index is 6.00. The lowest BCUT2D eigenvalue weighted by Crippen LogP contribution is -2.15. The van der Waals surface area contributed by atoms with Gasteiger partial charge in [-0.15, -0.1) is 9.24 Å². The summed E-state index contributed by atoms with van der Waals surface area (Å²) in [6.45, 7) is 1.63. The lowest BCUT2D eigenvalue weighted by molar-refractivity contribution is 0.209. The lowest BCUT2D eigenvalue weighted by atomic mass is 9.90. The average molecular weight is 279 g/mol. The van der Waals surface area contributed by atoms with Gasteiger partial charge in [0, 0.05) is 0 Å². The summed E-state index contributed by atoms with van der Waals surface area (Å²) in [5.41, 5.74) is 6.90. The largest absolute Gasteiger partial charge is 0.493 e. The first kappa shape index (κ1) is 14.8. The highest BCUT2D eigenvalue weighted by molar-refractivity contribution is 7.27. The zero-order valence-corrected chi connectivity index (χ0v) is 12.9. The van der Waals surface area contributed by atoms with Crippen LogP contribution in [0.5, 0.6) is 5.75 Å². The van der Waals surface area contributed by atoms with Gasteiger partial charge >= 0.3 is 0 Å². The Kier molecular flexibility index (Phi) is 6.13. The molecule has 2 nitrogen and oxygen atoms in total. The number of hydrogen-bond acceptors (Lipinski definition) is 2. The van der Waals surface area contributed by atoms with E-state index in [1.807, 2.05) is 0 Å². The van der Waals surface area contributed by atoms with Crippen LogP contribution in [-0.2, 0) is 6.42 Å². The fraction of sp³-hybridized carbons (Fsp3) is 0.625. The standard InChI is InChI=1S/C16H26NOP/c17-8-4-7-14-9-15(11-16(19)10-14)18-12-13-5-2-1-3-6-13/h9-11,13H,1-8,12,17,19H2. The summed E-state index contributed by atoms with van der Waals surface area (Å²) in [7, 11) is 2.77. The second-order valence-electron chi connectivity index (χ2n) is 5.62. The molecule has 1 aromatic carbocycles. The Bertz CT molecular complexity index is 388. The van der Waals surface area contributed by atoms with Crippen LogP contribution in [-0.4, -0.2) is 13.2 Å². The predicted molar refractivity (Wildman–Crippen MR) is 85.2 cm³/mol. The predicted octanol–water partition coefficient (Wildman–Crippen LogP) is 3.04. The van der Waals surface area contributed by atoms with Gasteiger partial charge in [0.25, 0.3) is 0 Å². The second-order valence-corrected chi connectivity index (χ2v) is 6.28. The van der Waals surface area contributed by atoms with Crippen LogP contribution in [0.3, 0.4) is 0 Å². The van der Waals surface area contributed by atoms with Crippen molar-refractivity contribution in [3.63, 3.8) is 0 Å². The number of nitrogens with two attached hydrogens (primary N) is 1. The van der Waals surface area contributed by atoms with Crippen LogP contribution in [0.1, 0.15) is 44.1 Å². The first-order valence-electron chi connectivity index (χ1n) is 7.50. The van der Waals surface area contributed by atoms with E-state index in [4.69, 9.17) is 10.5 Å². The minimum Gasteiger partial charge on any atom is -0.493 e. The topological polar surface area (TPSA) is 35.2 Å². The van der Waals surface area contributed by atoms with Crippen LogP contribution in [0.4, 0.5) is 0 Å². The van der Waals surface area contributed by atoms with Gasteiger partial charge in [0.15, 0.2) is 0 Å². The van der Waals surface area contributed by atoms with E-state index in [0.29, 0.717) is 0 Å². The minimum absolute atomic E-state index is 0.749. The highest BCUT2D eigenvalue weighted by Crippen LogP contribution is 2.25. The van der Waals surface area contributed by atoms with E-state index in [-0.39, 0.29) is 0 Å². The molecule has 0 radical (unpaired) electrons. The molecule has 1 aliphatic carbocycles. The summed E-state index contributed by atoms with van der Waals surface area (Å²) in [5, 5.41) is 1.20. The molecule has 2 N–H and O–H groups in total. The van der Waals surface area contributed by atoms with Crippen LogP contribution in [0, 0.1) is 5.92 Å². The van der Waals surface area contributed by atoms with Gasteiger partial charge in [-0.1, -0.05) is 25.3 Å². The van der Waals surface area contributed by atoms with Crippen LogP contribution >= 0.6 is 9.24 Å². The van der Waals surface area contributed by atoms with Gasteiger partial charge in [0.1, 0.15) is 5.75 Å². The monoisotopic (exact) mass is 279 g/mol. The summed E-state index contributed by atoms with van der Waals surface area (Å²) in [4.78, 5) is 0. The van der Waals surface area contributed by atoms with E-state index in [2.05, 4.69) is 27.4 Å². The molecular weight excluding hydrogens is 253 g/mol. The molecule has 2 rings (SSSR count). The molecule has 1 aliphatic rings. The SMILES string of the molecule is NCCCc1cc(P)cc(OCC2CCCCC2)c1. The molecule has 1 aromatic rings. The third kappa shape index (κ3) is 5.12. The van der Waals surface area contributed by atoms with E-state index < -0.39 is 0 Å². The summed E-state index contributed by atoms with van der Waals surface area (Å²) in [6.07, 6.45) is 8.90. The van der Waals surface area contributed by atoms with E-state index in [0.717, 1.165) is 37.7 Å². The number of benzene rings is 1. The van der Waals surface area contributed by atoms with Gasteiger partial charge in [-0.25, -0.2) is 0 Å². The molecule has 3 heteroatoms. The first-order chi connectivity index (χ1) is 9.28. The number of hydrogen-bond donors (Lipinski definition) is 1.